The van der Waals surface area contributed by atoms with Crippen LogP contribution in [0.25, 0.3) is 10.8 Å². The van der Waals surface area contributed by atoms with Gasteiger partial charge < -0.3 is 10.1 Å². The summed E-state index contributed by atoms with van der Waals surface area (Å²) in [7, 11) is 0. The molecule has 126 valence electrons. The summed E-state index contributed by atoms with van der Waals surface area (Å²) in [6.45, 7) is 1.36. The molecule has 0 aromatic heterocycles. The van der Waals surface area contributed by atoms with Crippen LogP contribution < -0.4 is 10.1 Å². The third-order valence-corrected chi connectivity index (χ3v) is 4.56. The third-order valence-electron chi connectivity index (χ3n) is 3.74. The summed E-state index contributed by atoms with van der Waals surface area (Å²) < 4.78 is 6.45. The van der Waals surface area contributed by atoms with Crippen LogP contribution in [0.4, 0.5) is 5.69 Å². The van der Waals surface area contributed by atoms with Crippen molar-refractivity contribution >= 4 is 44.1 Å². The number of amides is 1. The Morgan fingerprint density at radius 3 is 2.64 bits per heavy atom. The van der Waals surface area contributed by atoms with E-state index < -0.39 is 0 Å². The van der Waals surface area contributed by atoms with Gasteiger partial charge >= 0.3 is 0 Å². The van der Waals surface area contributed by atoms with E-state index in [0.717, 1.165) is 15.2 Å². The monoisotopic (exact) mass is 397 g/mol. The lowest BCUT2D eigenvalue weighted by Gasteiger charge is -2.11. The van der Waals surface area contributed by atoms with E-state index in [0.29, 0.717) is 17.0 Å². The fraction of sp³-hybridized carbons (Fsp3) is 0.100. The van der Waals surface area contributed by atoms with Gasteiger partial charge in [0, 0.05) is 11.3 Å². The molecule has 0 heterocycles. The van der Waals surface area contributed by atoms with Crippen molar-refractivity contribution in [1.82, 2.24) is 0 Å². The fourth-order valence-corrected chi connectivity index (χ4v) is 3.09. The van der Waals surface area contributed by atoms with Crippen molar-refractivity contribution in [2.45, 2.75) is 6.92 Å². The number of benzene rings is 3. The van der Waals surface area contributed by atoms with Gasteiger partial charge in [0.2, 0.25) is 0 Å². The minimum Gasteiger partial charge on any atom is -0.483 e. The van der Waals surface area contributed by atoms with Gasteiger partial charge in [-0.1, -0.05) is 42.5 Å². The van der Waals surface area contributed by atoms with Crippen molar-refractivity contribution in [3.63, 3.8) is 0 Å². The van der Waals surface area contributed by atoms with Crippen molar-refractivity contribution in [3.8, 4) is 5.75 Å². The number of rotatable bonds is 5. The van der Waals surface area contributed by atoms with Crippen LogP contribution in [0.5, 0.6) is 5.75 Å². The van der Waals surface area contributed by atoms with E-state index in [1.165, 1.54) is 6.92 Å². The highest BCUT2D eigenvalue weighted by atomic mass is 79.9. The maximum atomic E-state index is 12.1. The SMILES string of the molecule is CC(=O)c1cccc(NC(=O)COc2ccc3ccccc3c2Br)c1. The lowest BCUT2D eigenvalue weighted by molar-refractivity contribution is -0.118. The second-order valence-electron chi connectivity index (χ2n) is 5.57. The number of ether oxygens (including phenoxy) is 1. The average Bonchev–Trinajstić information content (AvgIpc) is 2.61. The molecule has 0 aliphatic heterocycles. The Balaban J connectivity index is 1.67. The molecule has 4 nitrogen and oxygen atoms in total. The third kappa shape index (κ3) is 4.06. The summed E-state index contributed by atoms with van der Waals surface area (Å²) >= 11 is 3.53. The van der Waals surface area contributed by atoms with E-state index in [9.17, 15) is 9.59 Å². The maximum absolute atomic E-state index is 12.1. The first-order valence-electron chi connectivity index (χ1n) is 7.75. The number of carbonyl (C=O) groups is 2. The van der Waals surface area contributed by atoms with Gasteiger partial charge in [-0.05, 0) is 51.8 Å². The lowest BCUT2D eigenvalue weighted by atomic mass is 10.1. The van der Waals surface area contributed by atoms with Gasteiger partial charge in [-0.3, -0.25) is 9.59 Å². The van der Waals surface area contributed by atoms with Crippen LogP contribution in [0.2, 0.25) is 0 Å². The van der Waals surface area contributed by atoms with Gasteiger partial charge in [-0.25, -0.2) is 0 Å². The van der Waals surface area contributed by atoms with E-state index in [1.807, 2.05) is 36.4 Å². The molecular formula is C20H16BrNO3. The zero-order chi connectivity index (χ0) is 17.8. The van der Waals surface area contributed by atoms with Crippen molar-refractivity contribution in [1.29, 1.82) is 0 Å². The molecule has 0 bridgehead atoms. The number of hydrogen-bond donors (Lipinski definition) is 1. The quantitative estimate of drug-likeness (QED) is 0.627. The van der Waals surface area contributed by atoms with Crippen LogP contribution in [-0.4, -0.2) is 18.3 Å². The smallest absolute Gasteiger partial charge is 0.262 e. The Hall–Kier alpha value is -2.66. The first-order chi connectivity index (χ1) is 12.0. The number of ketones is 1. The standard InChI is InChI=1S/C20H16BrNO3/c1-13(23)15-6-4-7-16(11-15)22-19(24)12-25-18-10-9-14-5-2-3-8-17(14)20(18)21/h2-11H,12H2,1H3,(H,22,24). The molecule has 0 fully saturated rings. The van der Waals surface area contributed by atoms with E-state index in [2.05, 4.69) is 21.2 Å². The van der Waals surface area contributed by atoms with Crippen LogP contribution >= 0.6 is 15.9 Å². The topological polar surface area (TPSA) is 55.4 Å². The van der Waals surface area contributed by atoms with Gasteiger partial charge in [0.25, 0.3) is 5.91 Å². The number of fused-ring (bicyclic) bond motifs is 1. The molecule has 1 amide bonds. The fourth-order valence-electron chi connectivity index (χ4n) is 2.48. The largest absolute Gasteiger partial charge is 0.483 e. The van der Waals surface area contributed by atoms with E-state index in [1.54, 1.807) is 24.3 Å². The Morgan fingerprint density at radius 2 is 1.84 bits per heavy atom. The summed E-state index contributed by atoms with van der Waals surface area (Å²) in [4.78, 5) is 23.5. The van der Waals surface area contributed by atoms with E-state index in [-0.39, 0.29) is 18.3 Å². The second kappa shape index (κ2) is 7.49. The van der Waals surface area contributed by atoms with Crippen LogP contribution in [0.3, 0.4) is 0 Å². The number of halogens is 1. The number of anilines is 1. The van der Waals surface area contributed by atoms with Crippen molar-refractivity contribution in [2.24, 2.45) is 0 Å². The molecule has 3 rings (SSSR count). The molecule has 0 atom stereocenters. The highest BCUT2D eigenvalue weighted by Crippen LogP contribution is 2.33. The Morgan fingerprint density at radius 1 is 1.04 bits per heavy atom. The molecule has 3 aromatic carbocycles. The molecule has 0 spiro atoms. The molecule has 0 radical (unpaired) electrons. The summed E-state index contributed by atoms with van der Waals surface area (Å²) in [6, 6.07) is 18.5. The molecule has 0 aliphatic rings. The number of hydrogen-bond acceptors (Lipinski definition) is 3. The molecule has 1 N–H and O–H groups in total. The van der Waals surface area contributed by atoms with Crippen molar-refractivity contribution < 1.29 is 14.3 Å². The van der Waals surface area contributed by atoms with Crippen LogP contribution in [0.1, 0.15) is 17.3 Å². The van der Waals surface area contributed by atoms with Gasteiger partial charge in [0.05, 0.1) is 4.47 Å². The minimum absolute atomic E-state index is 0.0487. The predicted octanol–water partition coefficient (Wildman–Crippen LogP) is 4.82. The molecule has 0 aliphatic carbocycles. The second-order valence-corrected chi connectivity index (χ2v) is 6.37. The van der Waals surface area contributed by atoms with Crippen molar-refractivity contribution in [3.05, 3.63) is 70.7 Å². The van der Waals surface area contributed by atoms with Crippen LogP contribution in [0, 0.1) is 0 Å². The average molecular weight is 398 g/mol. The van der Waals surface area contributed by atoms with Crippen LogP contribution in [-0.2, 0) is 4.79 Å². The number of nitrogens with one attached hydrogen (secondary N) is 1. The normalized spacial score (nSPS) is 10.5. The molecule has 0 saturated heterocycles. The van der Waals surface area contributed by atoms with Crippen molar-refractivity contribution in [2.75, 3.05) is 11.9 Å². The highest BCUT2D eigenvalue weighted by molar-refractivity contribution is 9.10. The van der Waals surface area contributed by atoms with E-state index in [4.69, 9.17) is 4.74 Å². The summed E-state index contributed by atoms with van der Waals surface area (Å²) in [5.74, 6) is 0.263. The molecule has 0 unspecified atom stereocenters. The van der Waals surface area contributed by atoms with Gasteiger partial charge in [-0.15, -0.1) is 0 Å². The van der Waals surface area contributed by atoms with Gasteiger partial charge in [0.15, 0.2) is 12.4 Å². The molecular weight excluding hydrogens is 382 g/mol. The summed E-state index contributed by atoms with van der Waals surface area (Å²) in [6.07, 6.45) is 0. The lowest BCUT2D eigenvalue weighted by Crippen LogP contribution is -2.20. The molecule has 5 heteroatoms. The minimum atomic E-state index is -0.291. The van der Waals surface area contributed by atoms with Crippen LogP contribution in [0.15, 0.2) is 65.1 Å². The van der Waals surface area contributed by atoms with Gasteiger partial charge in [0.1, 0.15) is 5.75 Å². The van der Waals surface area contributed by atoms with E-state index >= 15 is 0 Å². The highest BCUT2D eigenvalue weighted by Gasteiger charge is 2.09. The first-order valence-corrected chi connectivity index (χ1v) is 8.55. The predicted molar refractivity (Wildman–Crippen MR) is 102 cm³/mol. The first kappa shape index (κ1) is 17.2. The zero-order valence-electron chi connectivity index (χ0n) is 13.6. The maximum Gasteiger partial charge on any atom is 0.262 e. The molecule has 0 saturated carbocycles. The summed E-state index contributed by atoms with van der Waals surface area (Å²) in [5.41, 5.74) is 1.12. The Bertz CT molecular complexity index is 953. The molecule has 3 aromatic rings. The van der Waals surface area contributed by atoms with Gasteiger partial charge in [-0.2, -0.15) is 0 Å². The molecule has 25 heavy (non-hydrogen) atoms. The Labute approximate surface area is 153 Å². The zero-order valence-corrected chi connectivity index (χ0v) is 15.2. The number of carbonyl (C=O) groups excluding carboxylic acids is 2. The summed E-state index contributed by atoms with van der Waals surface area (Å²) in [5, 5.41) is 4.85. The number of Topliss-reactive ketones (excluding diaryl/α,β-unsaturated/α-hetero) is 1. The Kier molecular flexibility index (Phi) is 5.14.